The lowest BCUT2D eigenvalue weighted by atomic mass is 10.1. The second-order valence-electron chi connectivity index (χ2n) is 7.21. The molecule has 0 unspecified atom stereocenters. The number of anilines is 2. The first-order chi connectivity index (χ1) is 14.8. The highest BCUT2D eigenvalue weighted by Crippen LogP contribution is 2.36. The van der Waals surface area contributed by atoms with Gasteiger partial charge in [-0.05, 0) is 41.8 Å². The molecule has 0 bridgehead atoms. The molecule has 0 atom stereocenters. The van der Waals surface area contributed by atoms with Gasteiger partial charge in [0.1, 0.15) is 12.1 Å². The Morgan fingerprint density at radius 1 is 0.800 bits per heavy atom. The average molecular weight is 390 g/mol. The van der Waals surface area contributed by atoms with E-state index in [4.69, 9.17) is 0 Å². The van der Waals surface area contributed by atoms with E-state index in [1.165, 1.54) is 5.56 Å². The van der Waals surface area contributed by atoms with Crippen molar-refractivity contribution in [3.63, 3.8) is 0 Å². The number of benzene rings is 3. The molecule has 4 heteroatoms. The fourth-order valence-electron chi connectivity index (χ4n) is 3.74. The Morgan fingerprint density at radius 2 is 1.50 bits per heavy atom. The third-order valence-electron chi connectivity index (χ3n) is 5.33. The van der Waals surface area contributed by atoms with Crippen LogP contribution in [0.5, 0.6) is 0 Å². The SMILES string of the molecule is CCc1ccc(Nc2ncnc3c2c(-c2ccccc2)cn3-c2ccccc2)cc1. The molecule has 0 radical (unpaired) electrons. The minimum Gasteiger partial charge on any atom is -0.340 e. The maximum Gasteiger partial charge on any atom is 0.150 e. The van der Waals surface area contributed by atoms with Crippen molar-refractivity contribution in [1.29, 1.82) is 0 Å². The first kappa shape index (κ1) is 18.1. The highest BCUT2D eigenvalue weighted by molar-refractivity contribution is 6.02. The number of aromatic nitrogens is 3. The molecule has 2 heterocycles. The predicted octanol–water partition coefficient (Wildman–Crippen LogP) is 6.39. The van der Waals surface area contributed by atoms with E-state index in [1.807, 2.05) is 24.3 Å². The number of nitrogens with one attached hydrogen (secondary N) is 1. The molecule has 5 aromatic rings. The lowest BCUT2D eigenvalue weighted by Gasteiger charge is -2.09. The Bertz CT molecular complexity index is 1270. The predicted molar refractivity (Wildman–Crippen MR) is 123 cm³/mol. The topological polar surface area (TPSA) is 42.7 Å². The van der Waals surface area contributed by atoms with E-state index < -0.39 is 0 Å². The molecular weight excluding hydrogens is 368 g/mol. The number of fused-ring (bicyclic) bond motifs is 1. The molecule has 0 fully saturated rings. The lowest BCUT2D eigenvalue weighted by molar-refractivity contribution is 1.08. The molecule has 2 aromatic heterocycles. The molecule has 0 saturated carbocycles. The molecule has 0 saturated heterocycles. The number of hydrogen-bond acceptors (Lipinski definition) is 3. The molecule has 0 spiro atoms. The molecule has 4 nitrogen and oxygen atoms in total. The Balaban J connectivity index is 1.70. The van der Waals surface area contributed by atoms with Crippen molar-refractivity contribution in [2.45, 2.75) is 13.3 Å². The van der Waals surface area contributed by atoms with E-state index in [2.05, 4.69) is 93.6 Å². The standard InChI is InChI=1S/C26H22N4/c1-2-19-13-15-21(16-14-19)29-25-24-23(20-9-5-3-6-10-20)17-30(26(24)28-18-27-25)22-11-7-4-8-12-22/h3-18H,2H2,1H3,(H,27,28,29). The number of nitrogens with zero attached hydrogens (tertiary/aromatic N) is 3. The van der Waals surface area contributed by atoms with Crippen LogP contribution < -0.4 is 5.32 Å². The molecule has 146 valence electrons. The van der Waals surface area contributed by atoms with Crippen LogP contribution >= 0.6 is 0 Å². The van der Waals surface area contributed by atoms with Gasteiger partial charge in [-0.25, -0.2) is 9.97 Å². The van der Waals surface area contributed by atoms with Crippen molar-refractivity contribution in [3.05, 3.63) is 103 Å². The van der Waals surface area contributed by atoms with Gasteiger partial charge in [0.05, 0.1) is 5.39 Å². The van der Waals surface area contributed by atoms with Crippen LogP contribution in [-0.2, 0) is 6.42 Å². The minimum absolute atomic E-state index is 0.804. The zero-order valence-corrected chi connectivity index (χ0v) is 16.8. The molecule has 3 aromatic carbocycles. The maximum atomic E-state index is 4.65. The molecule has 5 rings (SSSR count). The van der Waals surface area contributed by atoms with Gasteiger partial charge in [-0.15, -0.1) is 0 Å². The Labute approximate surface area is 175 Å². The monoisotopic (exact) mass is 390 g/mol. The van der Waals surface area contributed by atoms with Crippen molar-refractivity contribution >= 4 is 22.5 Å². The van der Waals surface area contributed by atoms with E-state index in [0.717, 1.165) is 45.8 Å². The molecular formula is C26H22N4. The Hall–Kier alpha value is -3.92. The van der Waals surface area contributed by atoms with E-state index in [-0.39, 0.29) is 0 Å². The fraction of sp³-hybridized carbons (Fsp3) is 0.0769. The molecule has 0 aliphatic heterocycles. The van der Waals surface area contributed by atoms with Crippen molar-refractivity contribution in [2.75, 3.05) is 5.32 Å². The van der Waals surface area contributed by atoms with E-state index in [1.54, 1.807) is 6.33 Å². The third-order valence-corrected chi connectivity index (χ3v) is 5.33. The van der Waals surface area contributed by atoms with Gasteiger partial charge in [0, 0.05) is 23.1 Å². The van der Waals surface area contributed by atoms with Gasteiger partial charge in [0.15, 0.2) is 5.65 Å². The van der Waals surface area contributed by atoms with Crippen molar-refractivity contribution in [2.24, 2.45) is 0 Å². The highest BCUT2D eigenvalue weighted by Gasteiger charge is 2.17. The number of para-hydroxylation sites is 1. The average Bonchev–Trinajstić information content (AvgIpc) is 3.22. The normalized spacial score (nSPS) is 11.0. The van der Waals surface area contributed by atoms with Gasteiger partial charge in [0.25, 0.3) is 0 Å². The van der Waals surface area contributed by atoms with Crippen molar-refractivity contribution < 1.29 is 0 Å². The summed E-state index contributed by atoms with van der Waals surface area (Å²) >= 11 is 0. The zero-order valence-electron chi connectivity index (χ0n) is 16.8. The summed E-state index contributed by atoms with van der Waals surface area (Å²) in [5.74, 6) is 0.804. The molecule has 1 N–H and O–H groups in total. The molecule has 30 heavy (non-hydrogen) atoms. The Morgan fingerprint density at radius 3 is 2.20 bits per heavy atom. The van der Waals surface area contributed by atoms with Crippen LogP contribution in [0.1, 0.15) is 12.5 Å². The smallest absolute Gasteiger partial charge is 0.150 e. The van der Waals surface area contributed by atoms with E-state index in [9.17, 15) is 0 Å². The lowest BCUT2D eigenvalue weighted by Crippen LogP contribution is -1.98. The molecule has 0 aliphatic carbocycles. The van der Waals surface area contributed by atoms with Crippen molar-refractivity contribution in [3.8, 4) is 16.8 Å². The molecule has 0 aliphatic rings. The van der Waals surface area contributed by atoms with Crippen LogP contribution in [0.4, 0.5) is 11.5 Å². The number of aryl methyl sites for hydroxylation is 1. The summed E-state index contributed by atoms with van der Waals surface area (Å²) in [7, 11) is 0. The van der Waals surface area contributed by atoms with Gasteiger partial charge in [0.2, 0.25) is 0 Å². The quantitative estimate of drug-likeness (QED) is 0.378. The second-order valence-corrected chi connectivity index (χ2v) is 7.21. The minimum atomic E-state index is 0.804. The second kappa shape index (κ2) is 7.84. The van der Waals surface area contributed by atoms with Gasteiger partial charge in [-0.1, -0.05) is 67.6 Å². The maximum absolute atomic E-state index is 4.65. The van der Waals surface area contributed by atoms with Gasteiger partial charge in [-0.3, -0.25) is 0 Å². The van der Waals surface area contributed by atoms with Crippen LogP contribution in [0.2, 0.25) is 0 Å². The van der Waals surface area contributed by atoms with Crippen LogP contribution in [0.15, 0.2) is 97.5 Å². The summed E-state index contributed by atoms with van der Waals surface area (Å²) in [6, 6.07) is 29.2. The first-order valence-electron chi connectivity index (χ1n) is 10.2. The summed E-state index contributed by atoms with van der Waals surface area (Å²) in [6.07, 6.45) is 4.80. The Kier molecular flexibility index (Phi) is 4.74. The van der Waals surface area contributed by atoms with Gasteiger partial charge in [-0.2, -0.15) is 0 Å². The van der Waals surface area contributed by atoms with Crippen LogP contribution in [-0.4, -0.2) is 14.5 Å². The van der Waals surface area contributed by atoms with Gasteiger partial charge < -0.3 is 9.88 Å². The summed E-state index contributed by atoms with van der Waals surface area (Å²) in [4.78, 5) is 9.25. The first-order valence-corrected chi connectivity index (χ1v) is 10.2. The van der Waals surface area contributed by atoms with Crippen LogP contribution in [0.3, 0.4) is 0 Å². The number of rotatable bonds is 5. The van der Waals surface area contributed by atoms with Gasteiger partial charge >= 0.3 is 0 Å². The summed E-state index contributed by atoms with van der Waals surface area (Å²) < 4.78 is 2.13. The van der Waals surface area contributed by atoms with Crippen molar-refractivity contribution in [1.82, 2.24) is 14.5 Å². The summed E-state index contributed by atoms with van der Waals surface area (Å²) in [5.41, 5.74) is 6.51. The van der Waals surface area contributed by atoms with E-state index >= 15 is 0 Å². The summed E-state index contributed by atoms with van der Waals surface area (Å²) in [6.45, 7) is 2.16. The van der Waals surface area contributed by atoms with Crippen LogP contribution in [0.25, 0.3) is 27.8 Å². The summed E-state index contributed by atoms with van der Waals surface area (Å²) in [5, 5.41) is 4.52. The molecule has 0 amide bonds. The largest absolute Gasteiger partial charge is 0.340 e. The fourth-order valence-corrected chi connectivity index (χ4v) is 3.74. The number of hydrogen-bond donors (Lipinski definition) is 1. The van der Waals surface area contributed by atoms with Crippen LogP contribution in [0, 0.1) is 0 Å². The third kappa shape index (κ3) is 3.33. The zero-order chi connectivity index (χ0) is 20.3. The van der Waals surface area contributed by atoms with E-state index in [0.29, 0.717) is 0 Å². The highest BCUT2D eigenvalue weighted by atomic mass is 15.1.